The van der Waals surface area contributed by atoms with Gasteiger partial charge in [0.2, 0.25) is 0 Å². The van der Waals surface area contributed by atoms with Gasteiger partial charge >= 0.3 is 0 Å². The van der Waals surface area contributed by atoms with Gasteiger partial charge in [0.05, 0.1) is 18.3 Å². The van der Waals surface area contributed by atoms with Crippen molar-refractivity contribution in [2.75, 3.05) is 26.8 Å². The van der Waals surface area contributed by atoms with E-state index in [4.69, 9.17) is 4.74 Å². The summed E-state index contributed by atoms with van der Waals surface area (Å²) in [5.41, 5.74) is 2.73. The summed E-state index contributed by atoms with van der Waals surface area (Å²) in [5.74, 6) is 0.512. The van der Waals surface area contributed by atoms with Crippen LogP contribution < -0.4 is 0 Å². The van der Waals surface area contributed by atoms with Gasteiger partial charge in [0, 0.05) is 52.2 Å². The lowest BCUT2D eigenvalue weighted by Crippen LogP contribution is -2.29. The number of aromatic amines is 1. The minimum absolute atomic E-state index is 0.0871. The number of ether oxygens (including phenoxy) is 1. The molecule has 0 aliphatic carbocycles. The number of thiophene rings is 1. The van der Waals surface area contributed by atoms with Crippen molar-refractivity contribution in [2.24, 2.45) is 5.92 Å². The van der Waals surface area contributed by atoms with E-state index < -0.39 is 0 Å². The van der Waals surface area contributed by atoms with Crippen molar-refractivity contribution in [2.45, 2.75) is 6.42 Å². The van der Waals surface area contributed by atoms with Gasteiger partial charge in [0.15, 0.2) is 0 Å². The van der Waals surface area contributed by atoms with Gasteiger partial charge in [-0.3, -0.25) is 9.89 Å². The average molecular weight is 391 g/mol. The number of nitrogens with one attached hydrogen (secondary N) is 1. The topological polar surface area (TPSA) is 58.2 Å². The van der Waals surface area contributed by atoms with Crippen LogP contribution in [0.3, 0.4) is 0 Å². The van der Waals surface area contributed by atoms with Crippen molar-refractivity contribution in [1.82, 2.24) is 15.1 Å². The number of hydrogen-bond acceptors (Lipinski definition) is 4. The van der Waals surface area contributed by atoms with E-state index in [1.165, 1.54) is 10.1 Å². The van der Waals surface area contributed by atoms with Crippen LogP contribution in [0.5, 0.6) is 0 Å². The molecule has 1 atom stereocenters. The first-order valence-electron chi connectivity index (χ1n) is 9.47. The summed E-state index contributed by atoms with van der Waals surface area (Å²) in [6, 6.07) is 14.5. The minimum Gasteiger partial charge on any atom is -0.384 e. The van der Waals surface area contributed by atoms with Crippen molar-refractivity contribution in [1.29, 1.82) is 0 Å². The fourth-order valence-corrected chi connectivity index (χ4v) is 5.15. The SMILES string of the molecule is COCC1CCN(C(=O)c2cc(-c3cc4ccccc4s3)c3[nH]ncc3c2)C1. The summed E-state index contributed by atoms with van der Waals surface area (Å²) in [4.78, 5) is 16.3. The Morgan fingerprint density at radius 2 is 2.18 bits per heavy atom. The molecule has 1 saturated heterocycles. The summed E-state index contributed by atoms with van der Waals surface area (Å²) in [6.07, 6.45) is 2.79. The molecular weight excluding hydrogens is 370 g/mol. The van der Waals surface area contributed by atoms with Crippen molar-refractivity contribution < 1.29 is 9.53 Å². The second-order valence-electron chi connectivity index (χ2n) is 7.37. The summed E-state index contributed by atoms with van der Waals surface area (Å²) in [5, 5.41) is 9.50. The maximum atomic E-state index is 13.2. The molecule has 1 unspecified atom stereocenters. The first-order valence-corrected chi connectivity index (χ1v) is 10.3. The molecule has 2 aromatic carbocycles. The van der Waals surface area contributed by atoms with E-state index >= 15 is 0 Å². The molecule has 1 fully saturated rings. The molecule has 2 aromatic heterocycles. The molecule has 5 rings (SSSR count). The number of rotatable bonds is 4. The zero-order valence-corrected chi connectivity index (χ0v) is 16.5. The lowest BCUT2D eigenvalue weighted by atomic mass is 10.0. The van der Waals surface area contributed by atoms with Gasteiger partial charge in [-0.25, -0.2) is 0 Å². The Bertz CT molecular complexity index is 1130. The Labute approximate surface area is 166 Å². The van der Waals surface area contributed by atoms with Crippen LogP contribution in [-0.2, 0) is 4.74 Å². The van der Waals surface area contributed by atoms with Crippen LogP contribution in [0.15, 0.2) is 48.7 Å². The molecule has 0 spiro atoms. The third kappa shape index (κ3) is 2.99. The molecule has 1 aliphatic heterocycles. The Morgan fingerprint density at radius 3 is 3.04 bits per heavy atom. The third-order valence-corrected chi connectivity index (χ3v) is 6.61. The molecule has 6 heteroatoms. The molecule has 0 radical (unpaired) electrons. The molecule has 1 amide bonds. The molecule has 0 saturated carbocycles. The smallest absolute Gasteiger partial charge is 0.253 e. The zero-order chi connectivity index (χ0) is 19.1. The van der Waals surface area contributed by atoms with Gasteiger partial charge in [0.1, 0.15) is 0 Å². The van der Waals surface area contributed by atoms with Crippen LogP contribution >= 0.6 is 11.3 Å². The molecule has 4 aromatic rings. The van der Waals surface area contributed by atoms with E-state index in [1.54, 1.807) is 24.6 Å². The highest BCUT2D eigenvalue weighted by Crippen LogP contribution is 2.37. The lowest BCUT2D eigenvalue weighted by molar-refractivity contribution is 0.0775. The van der Waals surface area contributed by atoms with Gasteiger partial charge in [-0.15, -0.1) is 11.3 Å². The van der Waals surface area contributed by atoms with Crippen LogP contribution in [0.2, 0.25) is 0 Å². The predicted molar refractivity (Wildman–Crippen MR) is 113 cm³/mol. The van der Waals surface area contributed by atoms with Crippen molar-refractivity contribution in [3.8, 4) is 10.4 Å². The second-order valence-corrected chi connectivity index (χ2v) is 8.45. The normalized spacial score (nSPS) is 17.0. The summed E-state index contributed by atoms with van der Waals surface area (Å²) in [6.45, 7) is 2.25. The Morgan fingerprint density at radius 1 is 1.29 bits per heavy atom. The molecule has 28 heavy (non-hydrogen) atoms. The molecule has 142 valence electrons. The largest absolute Gasteiger partial charge is 0.384 e. The van der Waals surface area contributed by atoms with Crippen LogP contribution in [0, 0.1) is 5.92 Å². The maximum absolute atomic E-state index is 13.2. The van der Waals surface area contributed by atoms with Gasteiger partial charge < -0.3 is 9.64 Å². The first-order chi connectivity index (χ1) is 13.7. The molecule has 1 N–H and O–H groups in total. The number of H-pyrrole nitrogens is 1. The van der Waals surface area contributed by atoms with E-state index in [2.05, 4.69) is 34.5 Å². The summed E-state index contributed by atoms with van der Waals surface area (Å²) >= 11 is 1.74. The van der Waals surface area contributed by atoms with Gasteiger partial charge in [-0.1, -0.05) is 18.2 Å². The van der Waals surface area contributed by atoms with E-state index in [9.17, 15) is 4.79 Å². The van der Waals surface area contributed by atoms with E-state index in [1.807, 2.05) is 23.1 Å². The molecule has 5 nitrogen and oxygen atoms in total. The fourth-order valence-electron chi connectivity index (χ4n) is 4.06. The average Bonchev–Trinajstić information content (AvgIpc) is 3.45. The lowest BCUT2D eigenvalue weighted by Gasteiger charge is -2.17. The van der Waals surface area contributed by atoms with Crippen LogP contribution in [0.1, 0.15) is 16.8 Å². The number of carbonyl (C=O) groups is 1. The number of amides is 1. The number of likely N-dealkylation sites (tertiary alicyclic amines) is 1. The third-order valence-electron chi connectivity index (χ3n) is 5.46. The van der Waals surface area contributed by atoms with Crippen LogP contribution in [-0.4, -0.2) is 47.8 Å². The standard InChI is InChI=1S/C22H21N3O2S/c1-27-13-14-6-7-25(12-14)22(26)16-8-17-11-23-24-21(17)18(9-16)20-10-15-4-2-3-5-19(15)28-20/h2-5,8-11,14H,6-7,12-13H2,1H3,(H,23,24). The Kier molecular flexibility index (Phi) is 4.37. The van der Waals surface area contributed by atoms with Crippen LogP contribution in [0.25, 0.3) is 31.4 Å². The van der Waals surface area contributed by atoms with E-state index in [0.717, 1.165) is 46.4 Å². The quantitative estimate of drug-likeness (QED) is 0.555. The Balaban J connectivity index is 1.55. The second kappa shape index (κ2) is 7.04. The van der Waals surface area contributed by atoms with E-state index in [-0.39, 0.29) is 5.91 Å². The van der Waals surface area contributed by atoms with E-state index in [0.29, 0.717) is 12.5 Å². The number of hydrogen-bond donors (Lipinski definition) is 1. The molecule has 1 aliphatic rings. The highest BCUT2D eigenvalue weighted by molar-refractivity contribution is 7.22. The highest BCUT2D eigenvalue weighted by atomic mass is 32.1. The summed E-state index contributed by atoms with van der Waals surface area (Å²) in [7, 11) is 1.72. The van der Waals surface area contributed by atoms with Crippen molar-refractivity contribution >= 4 is 38.2 Å². The minimum atomic E-state index is 0.0871. The maximum Gasteiger partial charge on any atom is 0.253 e. The first kappa shape index (κ1) is 17.4. The number of fused-ring (bicyclic) bond motifs is 2. The summed E-state index contributed by atoms with van der Waals surface area (Å²) < 4.78 is 6.50. The fraction of sp³-hybridized carbons (Fsp3) is 0.273. The highest BCUT2D eigenvalue weighted by Gasteiger charge is 2.27. The molecule has 3 heterocycles. The molecule has 0 bridgehead atoms. The number of benzene rings is 2. The predicted octanol–water partition coefficient (Wildman–Crippen LogP) is 4.55. The number of methoxy groups -OCH3 is 1. The van der Waals surface area contributed by atoms with Crippen LogP contribution in [0.4, 0.5) is 0 Å². The number of carbonyl (C=O) groups excluding carboxylic acids is 1. The van der Waals surface area contributed by atoms with Gasteiger partial charge in [-0.05, 0) is 36.1 Å². The zero-order valence-electron chi connectivity index (χ0n) is 15.6. The monoisotopic (exact) mass is 391 g/mol. The van der Waals surface area contributed by atoms with Gasteiger partial charge in [-0.2, -0.15) is 5.10 Å². The molecular formula is C22H21N3O2S. The Hall–Kier alpha value is -2.70. The van der Waals surface area contributed by atoms with Crippen molar-refractivity contribution in [3.05, 3.63) is 54.2 Å². The number of nitrogens with zero attached hydrogens (tertiary/aromatic N) is 2. The van der Waals surface area contributed by atoms with Crippen molar-refractivity contribution in [3.63, 3.8) is 0 Å². The van der Waals surface area contributed by atoms with Gasteiger partial charge in [0.25, 0.3) is 5.91 Å². The number of aromatic nitrogens is 2.